The highest BCUT2D eigenvalue weighted by molar-refractivity contribution is 7.35. The van der Waals surface area contributed by atoms with Crippen LogP contribution in [0.1, 0.15) is 48.0 Å². The molecule has 3 heteroatoms. The van der Waals surface area contributed by atoms with Gasteiger partial charge in [0.2, 0.25) is 0 Å². The van der Waals surface area contributed by atoms with Gasteiger partial charge in [0.05, 0.1) is 6.07 Å². The lowest BCUT2D eigenvalue weighted by Gasteiger charge is -2.29. The fourth-order valence-electron chi connectivity index (χ4n) is 1.14. The van der Waals surface area contributed by atoms with E-state index in [1.165, 1.54) is 6.16 Å². The third-order valence-corrected chi connectivity index (χ3v) is 3.33. The number of nitriles is 1. The molecule has 0 aromatic carbocycles. The molecule has 0 rings (SSSR count). The summed E-state index contributed by atoms with van der Waals surface area (Å²) in [6, 6.07) is 3.34. The van der Waals surface area contributed by atoms with Crippen molar-refractivity contribution in [2.45, 2.75) is 60.0 Å². The monoisotopic (exact) mass is 216 g/mol. The second-order valence-electron chi connectivity index (χ2n) is 3.62. The van der Waals surface area contributed by atoms with Crippen LogP contribution in [0.2, 0.25) is 0 Å². The van der Waals surface area contributed by atoms with E-state index in [1.54, 1.807) is 0 Å². The number of rotatable bonds is 4. The van der Waals surface area contributed by atoms with Gasteiger partial charge in [-0.15, -0.1) is 0 Å². The Morgan fingerprint density at radius 1 is 1.14 bits per heavy atom. The van der Waals surface area contributed by atoms with Gasteiger partial charge in [-0.1, -0.05) is 22.6 Å². The second-order valence-corrected chi connectivity index (χ2v) is 5.16. The van der Waals surface area contributed by atoms with E-state index >= 15 is 0 Å². The Bertz CT molecular complexity index is 142. The molecule has 0 aliphatic heterocycles. The molecular weight excluding hydrogens is 191 g/mol. The van der Waals surface area contributed by atoms with E-state index in [-0.39, 0.29) is 0 Å². The van der Waals surface area contributed by atoms with Gasteiger partial charge < -0.3 is 0 Å². The van der Waals surface area contributed by atoms with E-state index in [4.69, 9.17) is 5.26 Å². The first-order chi connectivity index (χ1) is 6.51. The Kier molecular flexibility index (Phi) is 12.8. The van der Waals surface area contributed by atoms with Crippen molar-refractivity contribution in [2.24, 2.45) is 0 Å². The molecule has 0 radical (unpaired) electrons. The fraction of sp³-hybridized carbons (Fsp3) is 0.909. The molecule has 0 aromatic heterocycles. The Labute approximate surface area is 91.5 Å². The lowest BCUT2D eigenvalue weighted by Crippen LogP contribution is -2.29. The smallest absolute Gasteiger partial charge is 0.0618 e. The van der Waals surface area contributed by atoms with Crippen molar-refractivity contribution in [3.05, 3.63) is 0 Å². The summed E-state index contributed by atoms with van der Waals surface area (Å²) in [5, 5.41) is 7.62. The van der Waals surface area contributed by atoms with Gasteiger partial charge in [0, 0.05) is 18.5 Å². The molecule has 0 saturated carbocycles. The molecule has 0 heterocycles. The minimum atomic E-state index is 0.625. The van der Waals surface area contributed by atoms with Gasteiger partial charge in [-0.2, -0.15) is 5.26 Å². The molecule has 14 heavy (non-hydrogen) atoms. The van der Waals surface area contributed by atoms with Crippen molar-refractivity contribution in [1.29, 1.82) is 5.26 Å². The Balaban J connectivity index is 0. The van der Waals surface area contributed by atoms with E-state index in [2.05, 4.69) is 39.3 Å². The van der Waals surface area contributed by atoms with Gasteiger partial charge in [-0.25, -0.2) is 0 Å². The molecule has 0 aliphatic carbocycles. The molecule has 0 aromatic rings. The van der Waals surface area contributed by atoms with Crippen molar-refractivity contribution in [1.82, 2.24) is 4.67 Å². The molecule has 2 nitrogen and oxygen atoms in total. The number of nitrogens with zero attached hydrogens (tertiary/aromatic N) is 2. The first-order valence-corrected chi connectivity index (χ1v) is 6.55. The molecule has 84 valence electrons. The van der Waals surface area contributed by atoms with Gasteiger partial charge in [0.25, 0.3) is 0 Å². The van der Waals surface area contributed by atoms with Crippen LogP contribution in [0.25, 0.3) is 0 Å². The SMILES string of the molecule is CCC#N.CCPN(C(C)C)C(C)C. The predicted molar refractivity (Wildman–Crippen MR) is 66.9 cm³/mol. The average molecular weight is 216 g/mol. The van der Waals surface area contributed by atoms with Crippen molar-refractivity contribution in [2.75, 3.05) is 6.16 Å². The van der Waals surface area contributed by atoms with Gasteiger partial charge in [0.1, 0.15) is 0 Å². The fourth-order valence-corrected chi connectivity index (χ4v) is 2.24. The lowest BCUT2D eigenvalue weighted by atomic mass is 10.3. The van der Waals surface area contributed by atoms with Crippen molar-refractivity contribution in [3.8, 4) is 6.07 Å². The van der Waals surface area contributed by atoms with Gasteiger partial charge in [-0.3, -0.25) is 4.67 Å². The Morgan fingerprint density at radius 3 is 1.57 bits per heavy atom. The van der Waals surface area contributed by atoms with Gasteiger partial charge in [0.15, 0.2) is 0 Å². The van der Waals surface area contributed by atoms with E-state index in [0.717, 1.165) is 8.73 Å². The summed E-state index contributed by atoms with van der Waals surface area (Å²) in [5.41, 5.74) is 0. The molecule has 0 aliphatic rings. The highest BCUT2D eigenvalue weighted by atomic mass is 31.1. The third kappa shape index (κ3) is 9.96. The van der Waals surface area contributed by atoms with E-state index in [1.807, 2.05) is 13.0 Å². The molecule has 0 fully saturated rings. The van der Waals surface area contributed by atoms with E-state index in [9.17, 15) is 0 Å². The average Bonchev–Trinajstić information content (AvgIpc) is 2.13. The summed E-state index contributed by atoms with van der Waals surface area (Å²) in [4.78, 5) is 0. The van der Waals surface area contributed by atoms with Crippen LogP contribution in [0, 0.1) is 11.3 Å². The zero-order chi connectivity index (χ0) is 11.6. The standard InChI is InChI=1S/C8H20NP.C3H5N/c1-6-10-9(7(2)3)8(4)5;1-2-3-4/h7-8,10H,6H2,1-5H3;2H2,1H3. The largest absolute Gasteiger partial charge is 0.280 e. The third-order valence-electron chi connectivity index (χ3n) is 1.61. The van der Waals surface area contributed by atoms with Crippen LogP contribution in [-0.2, 0) is 0 Å². The number of hydrogen-bond acceptors (Lipinski definition) is 2. The summed E-state index contributed by atoms with van der Waals surface area (Å²) >= 11 is 0. The van der Waals surface area contributed by atoms with Crippen molar-refractivity contribution >= 4 is 8.73 Å². The van der Waals surface area contributed by atoms with Crippen LogP contribution in [-0.4, -0.2) is 22.9 Å². The maximum absolute atomic E-state index is 7.62. The predicted octanol–water partition coefficient (Wildman–Crippen LogP) is 3.64. The molecule has 0 bridgehead atoms. The van der Waals surface area contributed by atoms with E-state index < -0.39 is 0 Å². The maximum Gasteiger partial charge on any atom is 0.0618 e. The molecule has 0 N–H and O–H groups in total. The summed E-state index contributed by atoms with van der Waals surface area (Å²) in [7, 11) is 1.00. The Hall–Kier alpha value is -0.120. The first kappa shape index (κ1) is 16.3. The molecule has 1 atom stereocenters. The highest BCUT2D eigenvalue weighted by Gasteiger charge is 2.10. The molecular formula is C11H25N2P. The molecule has 1 unspecified atom stereocenters. The second kappa shape index (κ2) is 11.0. The van der Waals surface area contributed by atoms with Crippen LogP contribution >= 0.6 is 8.73 Å². The zero-order valence-electron chi connectivity index (χ0n) is 10.5. The van der Waals surface area contributed by atoms with Gasteiger partial charge in [-0.05, 0) is 33.9 Å². The summed E-state index contributed by atoms with van der Waals surface area (Å²) in [6.07, 6.45) is 1.91. The van der Waals surface area contributed by atoms with Crippen LogP contribution in [0.15, 0.2) is 0 Å². The van der Waals surface area contributed by atoms with Crippen LogP contribution in [0.5, 0.6) is 0 Å². The molecule has 0 saturated heterocycles. The minimum absolute atomic E-state index is 0.625. The summed E-state index contributed by atoms with van der Waals surface area (Å²) in [5.74, 6) is 0. The minimum Gasteiger partial charge on any atom is -0.280 e. The summed E-state index contributed by atoms with van der Waals surface area (Å²) in [6.45, 7) is 13.1. The van der Waals surface area contributed by atoms with Crippen LogP contribution < -0.4 is 0 Å². The van der Waals surface area contributed by atoms with Crippen molar-refractivity contribution in [3.63, 3.8) is 0 Å². The van der Waals surface area contributed by atoms with E-state index in [0.29, 0.717) is 18.5 Å². The number of hydrogen-bond donors (Lipinski definition) is 0. The Morgan fingerprint density at radius 2 is 1.50 bits per heavy atom. The van der Waals surface area contributed by atoms with Crippen LogP contribution in [0.3, 0.4) is 0 Å². The maximum atomic E-state index is 7.62. The molecule has 0 spiro atoms. The topological polar surface area (TPSA) is 27.0 Å². The zero-order valence-corrected chi connectivity index (χ0v) is 11.5. The normalized spacial score (nSPS) is 10.9. The first-order valence-electron chi connectivity index (χ1n) is 5.39. The quantitative estimate of drug-likeness (QED) is 0.671. The van der Waals surface area contributed by atoms with Crippen LogP contribution in [0.4, 0.5) is 0 Å². The lowest BCUT2D eigenvalue weighted by molar-refractivity contribution is 0.329. The van der Waals surface area contributed by atoms with Gasteiger partial charge >= 0.3 is 0 Å². The van der Waals surface area contributed by atoms with Crippen molar-refractivity contribution < 1.29 is 0 Å². The molecule has 0 amide bonds. The highest BCUT2D eigenvalue weighted by Crippen LogP contribution is 2.23. The summed E-state index contributed by atoms with van der Waals surface area (Å²) < 4.78 is 2.54.